The quantitative estimate of drug-likeness (QED) is 0.278. The minimum Gasteiger partial charge on any atom is -0.362 e. The molecule has 1 amide bonds. The predicted octanol–water partition coefficient (Wildman–Crippen LogP) is 2.10. The molecule has 0 fully saturated rings. The van der Waals surface area contributed by atoms with Crippen LogP contribution < -0.4 is 26.4 Å². The van der Waals surface area contributed by atoms with Crippen LogP contribution in [0.2, 0.25) is 0 Å². The third-order valence-electron chi connectivity index (χ3n) is 3.92. The van der Waals surface area contributed by atoms with Crippen molar-refractivity contribution >= 4 is 40.3 Å². The lowest BCUT2D eigenvalue weighted by atomic mass is 10.2. The van der Waals surface area contributed by atoms with Gasteiger partial charge in [0.05, 0.1) is 25.6 Å². The Hall–Kier alpha value is -2.74. The Balaban J connectivity index is 1.88. The molecule has 5 N–H and O–H groups in total. The minimum absolute atomic E-state index is 0.0556. The maximum absolute atomic E-state index is 11.3. The molecule has 0 saturated carbocycles. The number of nitrogens with two attached hydrogens (primary N) is 1. The van der Waals surface area contributed by atoms with Crippen molar-refractivity contribution in [2.75, 3.05) is 49.3 Å². The number of anilines is 4. The highest BCUT2D eigenvalue weighted by Crippen LogP contribution is 2.21. The number of halogens is 1. The number of nitrogens with zero attached hydrogens (tertiary/aromatic N) is 2. The average Bonchev–Trinajstić information content (AvgIpc) is 2.72. The lowest BCUT2D eigenvalue weighted by Gasteiger charge is -2.24. The van der Waals surface area contributed by atoms with Crippen LogP contribution in [0, 0.1) is 0 Å². The van der Waals surface area contributed by atoms with E-state index < -0.39 is 0 Å². The third kappa shape index (κ3) is 7.11. The summed E-state index contributed by atoms with van der Waals surface area (Å²) in [5.74, 6) is -0.276. The largest absolute Gasteiger partial charge is 0.362 e. The summed E-state index contributed by atoms with van der Waals surface area (Å²) < 4.78 is 0. The van der Waals surface area contributed by atoms with E-state index in [4.69, 9.17) is 11.6 Å². The summed E-state index contributed by atoms with van der Waals surface area (Å²) in [5.41, 5.74) is 7.03. The smallest absolute Gasteiger partial charge is 0.239 e. The number of carbonyl (C=O) groups is 1. The van der Waals surface area contributed by atoms with Crippen LogP contribution in [0.4, 0.5) is 22.7 Å². The molecule has 2 rings (SSSR count). The minimum atomic E-state index is -0.221. The van der Waals surface area contributed by atoms with E-state index >= 15 is 0 Å². The first-order valence-electron chi connectivity index (χ1n) is 8.98. The Morgan fingerprint density at radius 2 is 1.61 bits per heavy atom. The second-order valence-electron chi connectivity index (χ2n) is 6.24. The number of alkyl halides is 1. The van der Waals surface area contributed by atoms with E-state index in [-0.39, 0.29) is 11.8 Å². The van der Waals surface area contributed by atoms with Crippen LogP contribution in [0.5, 0.6) is 0 Å². The van der Waals surface area contributed by atoms with Gasteiger partial charge in [-0.3, -0.25) is 4.79 Å². The van der Waals surface area contributed by atoms with Crippen molar-refractivity contribution in [2.45, 2.75) is 0 Å². The fourth-order valence-electron chi connectivity index (χ4n) is 2.36. The number of hydrazine groups is 1. The van der Waals surface area contributed by atoms with Gasteiger partial charge in [0.15, 0.2) is 0 Å². The fraction of sp³-hybridized carbons (Fsp3) is 0.250. The molecule has 0 aliphatic heterocycles. The summed E-state index contributed by atoms with van der Waals surface area (Å²) in [4.78, 5) is 13.4. The van der Waals surface area contributed by atoms with Gasteiger partial charge in [-0.25, -0.2) is 5.43 Å². The number of hydrogen-bond acceptors (Lipinski definition) is 5. The molecule has 0 radical (unpaired) electrons. The van der Waals surface area contributed by atoms with Crippen LogP contribution in [0.15, 0.2) is 60.9 Å². The summed E-state index contributed by atoms with van der Waals surface area (Å²) >= 11 is 5.49. The Morgan fingerprint density at radius 3 is 2.18 bits per heavy atom. The molecular weight excluding hydrogens is 376 g/mol. The molecule has 0 unspecified atom stereocenters. The van der Waals surface area contributed by atoms with Gasteiger partial charge in [-0.15, -0.1) is 11.6 Å². The van der Waals surface area contributed by atoms with Crippen molar-refractivity contribution in [1.82, 2.24) is 10.3 Å². The van der Waals surface area contributed by atoms with Crippen molar-refractivity contribution in [3.63, 3.8) is 0 Å². The zero-order chi connectivity index (χ0) is 20.4. The van der Waals surface area contributed by atoms with Crippen LogP contribution in [0.25, 0.3) is 0 Å². The number of carbonyl (C=O) groups excluding carboxylic acids is 1. The lowest BCUT2D eigenvalue weighted by molar-refractivity contribution is -0.557. The Labute approximate surface area is 171 Å². The molecule has 0 aliphatic carbocycles. The Kier molecular flexibility index (Phi) is 8.61. The van der Waals surface area contributed by atoms with E-state index in [2.05, 4.69) is 21.0 Å². The van der Waals surface area contributed by atoms with E-state index in [9.17, 15) is 4.79 Å². The Bertz CT molecular complexity index is 763. The molecule has 2 aromatic carbocycles. The van der Waals surface area contributed by atoms with Crippen molar-refractivity contribution in [3.05, 3.63) is 60.9 Å². The van der Waals surface area contributed by atoms with Crippen LogP contribution in [0.3, 0.4) is 0 Å². The van der Waals surface area contributed by atoms with E-state index in [1.807, 2.05) is 92.4 Å². The first-order valence-corrected chi connectivity index (χ1v) is 9.52. The molecule has 0 spiro atoms. The molecule has 0 aliphatic rings. The van der Waals surface area contributed by atoms with E-state index in [1.165, 1.54) is 0 Å². The Morgan fingerprint density at radius 1 is 1.04 bits per heavy atom. The van der Waals surface area contributed by atoms with Crippen LogP contribution in [0.1, 0.15) is 0 Å². The maximum atomic E-state index is 11.3. The molecule has 2 aromatic rings. The van der Waals surface area contributed by atoms with Gasteiger partial charge in [-0.2, -0.15) is 0 Å². The molecule has 150 valence electrons. The fourth-order valence-corrected chi connectivity index (χ4v) is 2.43. The first kappa shape index (κ1) is 21.6. The van der Waals surface area contributed by atoms with Gasteiger partial charge in [-0.05, 0) is 48.5 Å². The number of quaternary nitrogens is 1. The summed E-state index contributed by atoms with van der Waals surface area (Å²) in [6.07, 6.45) is 4.01. The number of rotatable bonds is 10. The zero-order valence-corrected chi connectivity index (χ0v) is 17.2. The molecule has 0 bridgehead atoms. The highest BCUT2D eigenvalue weighted by molar-refractivity contribution is 6.29. The van der Waals surface area contributed by atoms with E-state index in [0.29, 0.717) is 6.67 Å². The van der Waals surface area contributed by atoms with Gasteiger partial charge in [0.25, 0.3) is 0 Å². The molecule has 0 saturated heterocycles. The average molecular weight is 404 g/mol. The second-order valence-corrected chi connectivity index (χ2v) is 6.51. The molecule has 8 heteroatoms. The van der Waals surface area contributed by atoms with Crippen molar-refractivity contribution < 1.29 is 10.1 Å². The maximum Gasteiger partial charge on any atom is 0.239 e. The van der Waals surface area contributed by atoms with Crippen molar-refractivity contribution in [3.8, 4) is 0 Å². The van der Waals surface area contributed by atoms with Gasteiger partial charge >= 0.3 is 0 Å². The number of nitrogens with one attached hydrogen (secondary N) is 3. The van der Waals surface area contributed by atoms with E-state index in [0.717, 1.165) is 22.7 Å². The summed E-state index contributed by atoms with van der Waals surface area (Å²) in [7, 11) is 5.99. The standard InChI is InChI=1S/C20H27ClN6O/c1-22-12-13-26(2)15-23-27(3)19-10-8-17(9-11-19)24-16-4-6-18(7-5-16)25-20(28)14-21/h4-13,22-24H,14-15H2,1-3H3,(H,25,28)/p+1. The topological polar surface area (TPSA) is 76.2 Å². The monoisotopic (exact) mass is 403 g/mol. The van der Waals surface area contributed by atoms with Crippen molar-refractivity contribution in [2.24, 2.45) is 0 Å². The number of hydrogen-bond donors (Lipinski definition) is 4. The normalized spacial score (nSPS) is 10.7. The van der Waals surface area contributed by atoms with Crippen LogP contribution in [-0.2, 0) is 4.79 Å². The van der Waals surface area contributed by atoms with Gasteiger partial charge in [-0.1, -0.05) is 0 Å². The van der Waals surface area contributed by atoms with Gasteiger partial charge in [0.2, 0.25) is 5.91 Å². The van der Waals surface area contributed by atoms with Crippen LogP contribution in [-0.4, -0.2) is 44.5 Å². The zero-order valence-electron chi connectivity index (χ0n) is 16.4. The molecule has 0 atom stereocenters. The predicted molar refractivity (Wildman–Crippen MR) is 117 cm³/mol. The molecule has 0 heterocycles. The molecular formula is C20H28ClN6O+. The van der Waals surface area contributed by atoms with Gasteiger partial charge in [0.1, 0.15) is 12.1 Å². The van der Waals surface area contributed by atoms with Crippen molar-refractivity contribution in [1.29, 1.82) is 0 Å². The highest BCUT2D eigenvalue weighted by Gasteiger charge is 2.03. The van der Waals surface area contributed by atoms with Crippen LogP contribution >= 0.6 is 11.6 Å². The molecule has 28 heavy (non-hydrogen) atoms. The lowest BCUT2D eigenvalue weighted by Crippen LogP contribution is -2.72. The highest BCUT2D eigenvalue weighted by atomic mass is 35.5. The van der Waals surface area contributed by atoms with Gasteiger partial charge in [0, 0.05) is 31.2 Å². The van der Waals surface area contributed by atoms with Gasteiger partial charge < -0.3 is 25.9 Å². The summed E-state index contributed by atoms with van der Waals surface area (Å²) in [5, 5.41) is 10.0. The second kappa shape index (κ2) is 11.2. The number of amides is 1. The first-order chi connectivity index (χ1) is 13.5. The number of benzene rings is 2. The summed E-state index contributed by atoms with van der Waals surface area (Å²) in [6.45, 7) is 0.702. The third-order valence-corrected chi connectivity index (χ3v) is 4.17. The summed E-state index contributed by atoms with van der Waals surface area (Å²) in [6, 6.07) is 15.6. The van der Waals surface area contributed by atoms with E-state index in [1.54, 1.807) is 0 Å². The molecule has 0 aromatic heterocycles. The SMILES string of the molecule is C[NH2+]C=CN(C)CNN(C)c1ccc(Nc2ccc(NC(=O)CCl)cc2)cc1. The molecule has 7 nitrogen and oxygen atoms in total.